The van der Waals surface area contributed by atoms with Crippen molar-refractivity contribution in [3.05, 3.63) is 31.8 Å². The van der Waals surface area contributed by atoms with Crippen molar-refractivity contribution < 1.29 is 13.2 Å². The molecule has 1 N–H and O–H groups in total. The predicted octanol–water partition coefficient (Wildman–Crippen LogP) is 5.44. The van der Waals surface area contributed by atoms with E-state index in [2.05, 4.69) is 43.8 Å². The number of benzene rings is 1. The minimum absolute atomic E-state index is 0.0654. The standard InChI is InChI=1S/C13H16BrF3IN/c1-2-7-19-12(5-6-13(15,16)17)10-8-9(14)3-4-11(10)18/h3-4,8,12,19H,2,5-7H2,1H3. The van der Waals surface area contributed by atoms with Crippen LogP contribution < -0.4 is 5.32 Å². The first-order valence-electron chi connectivity index (χ1n) is 6.08. The van der Waals surface area contributed by atoms with E-state index in [0.29, 0.717) is 6.54 Å². The zero-order chi connectivity index (χ0) is 14.5. The second kappa shape index (κ2) is 7.83. The Balaban J connectivity index is 2.85. The van der Waals surface area contributed by atoms with Crippen molar-refractivity contribution >= 4 is 38.5 Å². The Labute approximate surface area is 133 Å². The molecule has 1 nitrogen and oxygen atoms in total. The number of rotatable bonds is 6. The molecule has 0 aliphatic rings. The lowest BCUT2D eigenvalue weighted by Crippen LogP contribution is -2.24. The van der Waals surface area contributed by atoms with Gasteiger partial charge >= 0.3 is 6.18 Å². The fourth-order valence-corrected chi connectivity index (χ4v) is 2.87. The molecule has 1 aromatic carbocycles. The van der Waals surface area contributed by atoms with Crippen molar-refractivity contribution in [2.75, 3.05) is 6.54 Å². The van der Waals surface area contributed by atoms with Gasteiger partial charge in [-0.05, 0) is 65.7 Å². The van der Waals surface area contributed by atoms with E-state index in [1.807, 2.05) is 25.1 Å². The Morgan fingerprint density at radius 2 is 2.05 bits per heavy atom. The Kier molecular flexibility index (Phi) is 7.10. The van der Waals surface area contributed by atoms with Crippen LogP contribution in [0.4, 0.5) is 13.2 Å². The van der Waals surface area contributed by atoms with Gasteiger partial charge < -0.3 is 5.32 Å². The Hall–Kier alpha value is 0.180. The van der Waals surface area contributed by atoms with Crippen LogP contribution >= 0.6 is 38.5 Å². The molecule has 0 saturated heterocycles. The highest BCUT2D eigenvalue weighted by Crippen LogP contribution is 2.31. The first-order chi connectivity index (χ1) is 8.83. The Morgan fingerprint density at radius 1 is 1.37 bits per heavy atom. The summed E-state index contributed by atoms with van der Waals surface area (Å²) in [6.07, 6.45) is -3.91. The minimum Gasteiger partial charge on any atom is -0.310 e. The zero-order valence-corrected chi connectivity index (χ0v) is 14.3. The molecule has 0 aliphatic heterocycles. The average Bonchev–Trinajstić information content (AvgIpc) is 2.32. The molecule has 0 radical (unpaired) electrons. The van der Waals surface area contributed by atoms with Crippen LogP contribution in [0.5, 0.6) is 0 Å². The van der Waals surface area contributed by atoms with Gasteiger partial charge in [0.05, 0.1) is 0 Å². The Morgan fingerprint density at radius 3 is 2.63 bits per heavy atom. The maximum atomic E-state index is 12.4. The van der Waals surface area contributed by atoms with E-state index >= 15 is 0 Å². The molecule has 0 bridgehead atoms. The van der Waals surface area contributed by atoms with Crippen molar-refractivity contribution in [1.29, 1.82) is 0 Å². The first-order valence-corrected chi connectivity index (χ1v) is 7.95. The van der Waals surface area contributed by atoms with Gasteiger partial charge in [0.1, 0.15) is 0 Å². The summed E-state index contributed by atoms with van der Waals surface area (Å²) in [5.74, 6) is 0. The molecule has 0 saturated carbocycles. The summed E-state index contributed by atoms with van der Waals surface area (Å²) in [6.45, 7) is 2.71. The summed E-state index contributed by atoms with van der Waals surface area (Å²) < 4.78 is 39.1. The lowest BCUT2D eigenvalue weighted by Gasteiger charge is -2.21. The molecule has 0 amide bonds. The van der Waals surface area contributed by atoms with Gasteiger partial charge in [0.25, 0.3) is 0 Å². The van der Waals surface area contributed by atoms with Gasteiger partial charge in [-0.3, -0.25) is 0 Å². The normalized spacial score (nSPS) is 13.6. The van der Waals surface area contributed by atoms with E-state index in [-0.39, 0.29) is 12.5 Å². The van der Waals surface area contributed by atoms with Gasteiger partial charge in [0.15, 0.2) is 0 Å². The van der Waals surface area contributed by atoms with Crippen molar-refractivity contribution in [3.63, 3.8) is 0 Å². The molecule has 0 aliphatic carbocycles. The number of nitrogens with one attached hydrogen (secondary N) is 1. The fourth-order valence-electron chi connectivity index (χ4n) is 1.78. The molecule has 1 atom stereocenters. The first kappa shape index (κ1) is 17.2. The fraction of sp³-hybridized carbons (Fsp3) is 0.538. The molecular formula is C13H16BrF3IN. The van der Waals surface area contributed by atoms with Gasteiger partial charge in [0, 0.05) is 20.5 Å². The summed E-state index contributed by atoms with van der Waals surface area (Å²) in [5.41, 5.74) is 0.924. The molecule has 19 heavy (non-hydrogen) atoms. The summed E-state index contributed by atoms with van der Waals surface area (Å²) in [6, 6.07) is 5.44. The summed E-state index contributed by atoms with van der Waals surface area (Å²) in [5, 5.41) is 3.20. The van der Waals surface area contributed by atoms with Crippen molar-refractivity contribution in [2.45, 2.75) is 38.4 Å². The third kappa shape index (κ3) is 6.44. The van der Waals surface area contributed by atoms with Crippen LogP contribution in [0, 0.1) is 3.57 Å². The van der Waals surface area contributed by atoms with Crippen LogP contribution in [-0.2, 0) is 0 Å². The summed E-state index contributed by atoms with van der Waals surface area (Å²) >= 11 is 5.53. The van der Waals surface area contributed by atoms with E-state index in [0.717, 1.165) is 20.0 Å². The SMILES string of the molecule is CCCNC(CCC(F)(F)F)c1cc(Br)ccc1I. The second-order valence-corrected chi connectivity index (χ2v) is 6.40. The third-order valence-corrected chi connectivity index (χ3v) is 4.17. The maximum Gasteiger partial charge on any atom is 0.389 e. The van der Waals surface area contributed by atoms with Crippen molar-refractivity contribution in [2.24, 2.45) is 0 Å². The number of hydrogen-bond acceptors (Lipinski definition) is 1. The predicted molar refractivity (Wildman–Crippen MR) is 83.2 cm³/mol. The van der Waals surface area contributed by atoms with Crippen LogP contribution in [-0.4, -0.2) is 12.7 Å². The minimum atomic E-state index is -4.11. The van der Waals surface area contributed by atoms with Gasteiger partial charge in [-0.2, -0.15) is 13.2 Å². The van der Waals surface area contributed by atoms with E-state index in [4.69, 9.17) is 0 Å². The molecule has 0 heterocycles. The molecule has 1 rings (SSSR count). The van der Waals surface area contributed by atoms with E-state index in [1.165, 1.54) is 0 Å². The molecule has 108 valence electrons. The lowest BCUT2D eigenvalue weighted by molar-refractivity contribution is -0.136. The zero-order valence-electron chi connectivity index (χ0n) is 10.5. The van der Waals surface area contributed by atoms with E-state index in [1.54, 1.807) is 0 Å². The number of halogens is 5. The molecule has 1 aromatic rings. The van der Waals surface area contributed by atoms with Crippen LogP contribution in [0.25, 0.3) is 0 Å². The number of hydrogen-bond donors (Lipinski definition) is 1. The lowest BCUT2D eigenvalue weighted by atomic mass is 10.0. The molecule has 6 heteroatoms. The average molecular weight is 450 g/mol. The Bertz CT molecular complexity index is 409. The maximum absolute atomic E-state index is 12.4. The van der Waals surface area contributed by atoms with E-state index < -0.39 is 12.6 Å². The van der Waals surface area contributed by atoms with E-state index in [9.17, 15) is 13.2 Å². The smallest absolute Gasteiger partial charge is 0.310 e. The summed E-state index contributed by atoms with van der Waals surface area (Å²) in [7, 11) is 0. The largest absolute Gasteiger partial charge is 0.389 e. The van der Waals surface area contributed by atoms with Gasteiger partial charge in [-0.25, -0.2) is 0 Å². The third-order valence-electron chi connectivity index (χ3n) is 2.69. The molecule has 0 spiro atoms. The van der Waals surface area contributed by atoms with Crippen LogP contribution in [0.3, 0.4) is 0 Å². The van der Waals surface area contributed by atoms with Crippen LogP contribution in [0.1, 0.15) is 37.8 Å². The van der Waals surface area contributed by atoms with Crippen LogP contribution in [0.2, 0.25) is 0 Å². The highest BCUT2D eigenvalue weighted by atomic mass is 127. The monoisotopic (exact) mass is 449 g/mol. The quantitative estimate of drug-likeness (QED) is 0.570. The topological polar surface area (TPSA) is 12.0 Å². The van der Waals surface area contributed by atoms with Crippen LogP contribution in [0.15, 0.2) is 22.7 Å². The number of alkyl halides is 3. The molecule has 0 fully saturated rings. The molecule has 0 aromatic heterocycles. The van der Waals surface area contributed by atoms with Gasteiger partial charge in [-0.15, -0.1) is 0 Å². The van der Waals surface area contributed by atoms with Crippen molar-refractivity contribution in [1.82, 2.24) is 5.32 Å². The highest BCUT2D eigenvalue weighted by Gasteiger charge is 2.29. The second-order valence-electron chi connectivity index (χ2n) is 4.33. The highest BCUT2D eigenvalue weighted by molar-refractivity contribution is 14.1. The summed E-state index contributed by atoms with van der Waals surface area (Å²) in [4.78, 5) is 0. The van der Waals surface area contributed by atoms with Gasteiger partial charge in [0.2, 0.25) is 0 Å². The molecule has 1 unspecified atom stereocenters. The molecular weight excluding hydrogens is 434 g/mol. The van der Waals surface area contributed by atoms with Gasteiger partial charge in [-0.1, -0.05) is 22.9 Å². The van der Waals surface area contributed by atoms with Crippen molar-refractivity contribution in [3.8, 4) is 0 Å².